The van der Waals surface area contributed by atoms with E-state index in [0.717, 1.165) is 5.69 Å². The Hall–Kier alpha value is -1.40. The highest BCUT2D eigenvalue weighted by Gasteiger charge is 2.38. The van der Waals surface area contributed by atoms with Crippen LogP contribution in [0.2, 0.25) is 19.6 Å². The summed E-state index contributed by atoms with van der Waals surface area (Å²) in [5, 5.41) is 5.75. The molecule has 3 rings (SSSR count). The van der Waals surface area contributed by atoms with Crippen molar-refractivity contribution in [3.8, 4) is 11.3 Å². The number of hydrogen-bond acceptors (Lipinski definition) is 2. The number of halogens is 1. The summed E-state index contributed by atoms with van der Waals surface area (Å²) in [5.41, 5.74) is 6.19. The summed E-state index contributed by atoms with van der Waals surface area (Å²) in [6, 6.07) is 15.3. The minimum Gasteiger partial charge on any atom is -0.361 e. The molecule has 0 spiro atoms. The van der Waals surface area contributed by atoms with Gasteiger partial charge in [0.05, 0.1) is 0 Å². The molecule has 0 aliphatic carbocycles. The van der Waals surface area contributed by atoms with E-state index in [2.05, 4.69) is 88.0 Å². The van der Waals surface area contributed by atoms with Crippen LogP contribution in [0.15, 0.2) is 47.0 Å². The lowest BCUT2D eigenvalue weighted by Crippen LogP contribution is -3.62. The Labute approximate surface area is 161 Å². The zero-order valence-corrected chi connectivity index (χ0v) is 18.9. The lowest BCUT2D eigenvalue weighted by Gasteiger charge is -2.10. The van der Waals surface area contributed by atoms with E-state index in [0.29, 0.717) is 0 Å². The first-order valence-corrected chi connectivity index (χ1v) is 14.2. The van der Waals surface area contributed by atoms with Gasteiger partial charge in [-0.2, -0.15) is 0 Å². The number of hydrogen-bond donors (Lipinski definition) is 0. The van der Waals surface area contributed by atoms with E-state index in [9.17, 15) is 0 Å². The summed E-state index contributed by atoms with van der Waals surface area (Å²) in [6.07, 6.45) is 0. The summed E-state index contributed by atoms with van der Waals surface area (Å²) in [4.78, 5) is 0. The molecule has 0 N–H and O–H groups in total. The summed E-state index contributed by atoms with van der Waals surface area (Å²) in [6.45, 7) is 13.5. The maximum absolute atomic E-state index is 5.97. The standard InChI is InChI=1S/C21H25INOSi/c1-14-12-15(2)18(16(3)13-14)20-19(21(24-23-20)25(4,5)6)22-17-10-8-7-9-11-17/h7-13H,1-6H3/q+1. The monoisotopic (exact) mass is 462 g/mol. The van der Waals surface area contributed by atoms with Crippen molar-refractivity contribution in [2.45, 2.75) is 40.4 Å². The van der Waals surface area contributed by atoms with Gasteiger partial charge in [0.25, 0.3) is 3.57 Å². The van der Waals surface area contributed by atoms with E-state index >= 15 is 0 Å². The molecule has 2 nitrogen and oxygen atoms in total. The predicted octanol–water partition coefficient (Wildman–Crippen LogP) is 1.94. The molecule has 130 valence electrons. The van der Waals surface area contributed by atoms with Crippen LogP contribution in [0.4, 0.5) is 0 Å². The van der Waals surface area contributed by atoms with Crippen molar-refractivity contribution in [3.63, 3.8) is 0 Å². The van der Waals surface area contributed by atoms with E-state index < -0.39 is 8.07 Å². The minimum atomic E-state index is -1.59. The van der Waals surface area contributed by atoms with Gasteiger partial charge < -0.3 is 4.52 Å². The summed E-state index contributed by atoms with van der Waals surface area (Å²) in [7, 11) is -1.59. The fourth-order valence-corrected chi connectivity index (χ4v) is 9.33. The molecule has 0 saturated heterocycles. The average molecular weight is 462 g/mol. The highest BCUT2D eigenvalue weighted by molar-refractivity contribution is 6.87. The second kappa shape index (κ2) is 7.07. The zero-order valence-electron chi connectivity index (χ0n) is 15.8. The molecule has 0 aliphatic rings. The van der Waals surface area contributed by atoms with Crippen molar-refractivity contribution in [1.29, 1.82) is 0 Å². The molecule has 1 aromatic heterocycles. The second-order valence-corrected chi connectivity index (χ2v) is 15.4. The Morgan fingerprint density at radius 3 is 2.08 bits per heavy atom. The van der Waals surface area contributed by atoms with E-state index in [-0.39, 0.29) is 21.2 Å². The number of aromatic nitrogens is 1. The fraction of sp³-hybridized carbons (Fsp3) is 0.286. The lowest BCUT2D eigenvalue weighted by molar-refractivity contribution is -0.595. The fourth-order valence-electron chi connectivity index (χ4n) is 3.13. The molecule has 0 unspecified atom stereocenters. The molecular formula is C21H25INOSi+. The van der Waals surface area contributed by atoms with Crippen molar-refractivity contribution in [1.82, 2.24) is 5.16 Å². The first-order valence-electron chi connectivity index (χ1n) is 8.55. The first kappa shape index (κ1) is 18.4. The van der Waals surface area contributed by atoms with Gasteiger partial charge in [-0.05, 0) is 44.0 Å². The van der Waals surface area contributed by atoms with Gasteiger partial charge in [0.2, 0.25) is 0 Å². The van der Waals surface area contributed by atoms with Gasteiger partial charge in [0.15, 0.2) is 14.6 Å². The molecule has 0 atom stereocenters. The van der Waals surface area contributed by atoms with Crippen LogP contribution in [0.3, 0.4) is 0 Å². The lowest BCUT2D eigenvalue weighted by atomic mass is 9.97. The molecule has 0 saturated carbocycles. The SMILES string of the molecule is Cc1cc(C)c(-c2noc([Si](C)(C)C)c2[I+]c2ccccc2)c(C)c1. The Balaban J connectivity index is 2.20. The highest BCUT2D eigenvalue weighted by Crippen LogP contribution is 2.27. The zero-order chi connectivity index (χ0) is 18.2. The molecule has 0 aliphatic heterocycles. The van der Waals surface area contributed by atoms with Crippen LogP contribution in [0, 0.1) is 27.9 Å². The molecule has 4 heteroatoms. The van der Waals surface area contributed by atoms with Gasteiger partial charge in [-0.15, -0.1) is 0 Å². The number of benzene rings is 2. The Bertz CT molecular complexity index is 871. The van der Waals surface area contributed by atoms with Crippen molar-refractivity contribution in [2.24, 2.45) is 0 Å². The largest absolute Gasteiger partial charge is 0.363 e. The van der Waals surface area contributed by atoms with Crippen LogP contribution >= 0.6 is 0 Å². The van der Waals surface area contributed by atoms with Crippen LogP contribution in [-0.4, -0.2) is 13.2 Å². The Kier molecular flexibility index (Phi) is 5.20. The topological polar surface area (TPSA) is 26.0 Å². The minimum absolute atomic E-state index is 0.324. The van der Waals surface area contributed by atoms with E-state index in [1.165, 1.54) is 34.8 Å². The third-order valence-electron chi connectivity index (χ3n) is 4.17. The van der Waals surface area contributed by atoms with Crippen LogP contribution in [0.25, 0.3) is 11.3 Å². The van der Waals surface area contributed by atoms with Crippen LogP contribution < -0.4 is 26.6 Å². The molecular weight excluding hydrogens is 437 g/mol. The number of aryl methyl sites for hydroxylation is 3. The molecule has 0 radical (unpaired) electrons. The number of nitrogens with zero attached hydrogens (tertiary/aromatic N) is 1. The maximum atomic E-state index is 5.97. The quantitative estimate of drug-likeness (QED) is 0.438. The van der Waals surface area contributed by atoms with Crippen molar-refractivity contribution < 1.29 is 25.7 Å². The third-order valence-corrected chi connectivity index (χ3v) is 9.26. The van der Waals surface area contributed by atoms with Crippen molar-refractivity contribution in [2.75, 3.05) is 0 Å². The second-order valence-electron chi connectivity index (χ2n) is 7.59. The van der Waals surface area contributed by atoms with Gasteiger partial charge in [0.1, 0.15) is 8.07 Å². The van der Waals surface area contributed by atoms with Gasteiger partial charge in [0, 0.05) is 5.56 Å². The van der Waals surface area contributed by atoms with Gasteiger partial charge in [-0.25, -0.2) is 0 Å². The molecule has 1 heterocycles. The molecule has 0 bridgehead atoms. The van der Waals surface area contributed by atoms with Crippen molar-refractivity contribution in [3.05, 3.63) is 66.3 Å². The smallest absolute Gasteiger partial charge is 0.361 e. The average Bonchev–Trinajstić information content (AvgIpc) is 2.91. The highest BCUT2D eigenvalue weighted by atomic mass is 127. The van der Waals surface area contributed by atoms with Crippen molar-refractivity contribution >= 4 is 13.5 Å². The predicted molar refractivity (Wildman–Crippen MR) is 103 cm³/mol. The van der Waals surface area contributed by atoms with Crippen LogP contribution in [0.5, 0.6) is 0 Å². The maximum Gasteiger partial charge on any atom is 0.363 e. The summed E-state index contributed by atoms with van der Waals surface area (Å²) >= 11 is -0.324. The van der Waals surface area contributed by atoms with Crippen LogP contribution in [0.1, 0.15) is 16.7 Å². The van der Waals surface area contributed by atoms with E-state index in [1.54, 1.807) is 0 Å². The Morgan fingerprint density at radius 1 is 0.920 bits per heavy atom. The summed E-state index contributed by atoms with van der Waals surface area (Å²) < 4.78 is 8.75. The van der Waals surface area contributed by atoms with E-state index in [1.807, 2.05) is 0 Å². The van der Waals surface area contributed by atoms with Gasteiger partial charge in [-0.1, -0.05) is 60.7 Å². The third kappa shape index (κ3) is 3.90. The van der Waals surface area contributed by atoms with Gasteiger partial charge in [-0.3, -0.25) is 0 Å². The normalized spacial score (nSPS) is 11.8. The first-order chi connectivity index (χ1) is 11.8. The van der Waals surface area contributed by atoms with Crippen LogP contribution in [-0.2, 0) is 0 Å². The molecule has 0 amide bonds. The molecule has 3 aromatic rings. The van der Waals surface area contributed by atoms with E-state index in [4.69, 9.17) is 4.52 Å². The Morgan fingerprint density at radius 2 is 1.52 bits per heavy atom. The number of rotatable bonds is 4. The molecule has 2 aromatic carbocycles. The molecule has 0 fully saturated rings. The summed E-state index contributed by atoms with van der Waals surface area (Å²) in [5.74, 6) is 0. The molecule has 25 heavy (non-hydrogen) atoms. The van der Waals surface area contributed by atoms with Gasteiger partial charge >= 0.3 is 21.2 Å².